The maximum Gasteiger partial charge on any atom is 0.265 e. The largest absolute Gasteiger partial charge is 0.481 e. The minimum Gasteiger partial charge on any atom is -0.481 e. The first kappa shape index (κ1) is 18.9. The number of hydrogen-bond donors (Lipinski definition) is 1. The van der Waals surface area contributed by atoms with E-state index >= 15 is 0 Å². The lowest BCUT2D eigenvalue weighted by Crippen LogP contribution is -2.31. The molecular weight excluding hydrogens is 347 g/mol. The lowest BCUT2D eigenvalue weighted by atomic mass is 10.1. The van der Waals surface area contributed by atoms with Crippen LogP contribution >= 0.6 is 0 Å². The van der Waals surface area contributed by atoms with E-state index in [1.165, 1.54) is 24.3 Å². The number of anilines is 1. The van der Waals surface area contributed by atoms with Gasteiger partial charge in [-0.15, -0.1) is 0 Å². The van der Waals surface area contributed by atoms with Crippen LogP contribution in [0, 0.1) is 12.7 Å². The van der Waals surface area contributed by atoms with Gasteiger partial charge >= 0.3 is 0 Å². The summed E-state index contributed by atoms with van der Waals surface area (Å²) in [5.74, 6) is -0.298. The van der Waals surface area contributed by atoms with Crippen LogP contribution in [0.1, 0.15) is 35.7 Å². The van der Waals surface area contributed by atoms with E-state index in [1.807, 2.05) is 11.8 Å². The van der Waals surface area contributed by atoms with Crippen LogP contribution < -0.4 is 10.1 Å². The van der Waals surface area contributed by atoms with Gasteiger partial charge in [0.15, 0.2) is 6.10 Å². The van der Waals surface area contributed by atoms with Gasteiger partial charge in [0.1, 0.15) is 11.6 Å². The van der Waals surface area contributed by atoms with Crippen LogP contribution in [-0.2, 0) is 4.79 Å². The first-order chi connectivity index (χ1) is 13.0. The second-order valence-corrected chi connectivity index (χ2v) is 6.68. The van der Waals surface area contributed by atoms with E-state index in [0.29, 0.717) is 17.0 Å². The monoisotopic (exact) mass is 370 g/mol. The smallest absolute Gasteiger partial charge is 0.265 e. The number of likely N-dealkylation sites (tertiary alicyclic amines) is 1. The van der Waals surface area contributed by atoms with Gasteiger partial charge in [0.05, 0.1) is 0 Å². The van der Waals surface area contributed by atoms with Gasteiger partial charge in [-0.1, -0.05) is 6.07 Å². The van der Waals surface area contributed by atoms with Crippen molar-refractivity contribution < 1.29 is 18.7 Å². The average molecular weight is 370 g/mol. The highest BCUT2D eigenvalue weighted by molar-refractivity contribution is 6.00. The van der Waals surface area contributed by atoms with Crippen molar-refractivity contribution in [1.29, 1.82) is 0 Å². The fourth-order valence-corrected chi connectivity index (χ4v) is 3.10. The molecule has 2 aromatic carbocycles. The molecule has 1 aliphatic heterocycles. The third-order valence-corrected chi connectivity index (χ3v) is 4.71. The quantitative estimate of drug-likeness (QED) is 0.871. The Morgan fingerprint density at radius 3 is 2.44 bits per heavy atom. The molecule has 1 N–H and O–H groups in total. The van der Waals surface area contributed by atoms with Gasteiger partial charge in [-0.3, -0.25) is 9.59 Å². The Bertz CT molecular complexity index is 830. The predicted octanol–water partition coefficient (Wildman–Crippen LogP) is 3.78. The van der Waals surface area contributed by atoms with Crippen molar-refractivity contribution in [1.82, 2.24) is 4.90 Å². The second-order valence-electron chi connectivity index (χ2n) is 6.68. The first-order valence-corrected chi connectivity index (χ1v) is 9.07. The summed E-state index contributed by atoms with van der Waals surface area (Å²) in [6, 6.07) is 10.8. The van der Waals surface area contributed by atoms with Crippen molar-refractivity contribution in [3.8, 4) is 5.75 Å². The molecule has 142 valence electrons. The van der Waals surface area contributed by atoms with E-state index in [4.69, 9.17) is 4.74 Å². The topological polar surface area (TPSA) is 58.6 Å². The maximum absolute atomic E-state index is 13.0. The minimum absolute atomic E-state index is 0.00305. The summed E-state index contributed by atoms with van der Waals surface area (Å²) < 4.78 is 18.5. The Morgan fingerprint density at radius 2 is 1.78 bits per heavy atom. The average Bonchev–Trinajstić information content (AvgIpc) is 3.19. The van der Waals surface area contributed by atoms with Gasteiger partial charge in [-0.25, -0.2) is 4.39 Å². The molecule has 1 unspecified atom stereocenters. The zero-order chi connectivity index (χ0) is 19.4. The standard InChI is InChI=1S/C21H23FN2O3/c1-14-18(21(26)24-12-3-4-13-24)6-5-7-19(14)23-20(25)15(2)27-17-10-8-16(22)9-11-17/h5-11,15H,3-4,12-13H2,1-2H3,(H,23,25). The zero-order valence-electron chi connectivity index (χ0n) is 15.5. The molecule has 1 aliphatic rings. The number of benzene rings is 2. The molecule has 0 saturated carbocycles. The van der Waals surface area contributed by atoms with Crippen LogP contribution in [0.5, 0.6) is 5.75 Å². The zero-order valence-corrected chi connectivity index (χ0v) is 15.5. The van der Waals surface area contributed by atoms with Crippen molar-refractivity contribution in [2.24, 2.45) is 0 Å². The summed E-state index contributed by atoms with van der Waals surface area (Å²) in [7, 11) is 0. The van der Waals surface area contributed by atoms with Crippen molar-refractivity contribution >= 4 is 17.5 Å². The van der Waals surface area contributed by atoms with E-state index < -0.39 is 6.10 Å². The van der Waals surface area contributed by atoms with E-state index in [1.54, 1.807) is 25.1 Å². The summed E-state index contributed by atoms with van der Waals surface area (Å²) in [5, 5.41) is 2.82. The SMILES string of the molecule is Cc1c(NC(=O)C(C)Oc2ccc(F)cc2)cccc1C(=O)N1CCCC1. The molecule has 3 rings (SSSR count). The van der Waals surface area contributed by atoms with Gasteiger partial charge < -0.3 is 15.0 Å². The molecule has 0 spiro atoms. The number of ether oxygens (including phenoxy) is 1. The Morgan fingerprint density at radius 1 is 1.11 bits per heavy atom. The van der Waals surface area contributed by atoms with Crippen LogP contribution in [0.25, 0.3) is 0 Å². The highest BCUT2D eigenvalue weighted by atomic mass is 19.1. The molecule has 1 fully saturated rings. The Hall–Kier alpha value is -2.89. The molecule has 0 aromatic heterocycles. The van der Waals surface area contributed by atoms with Gasteiger partial charge in [0.25, 0.3) is 11.8 Å². The third-order valence-electron chi connectivity index (χ3n) is 4.71. The highest BCUT2D eigenvalue weighted by Gasteiger charge is 2.23. The van der Waals surface area contributed by atoms with Crippen molar-refractivity contribution in [3.63, 3.8) is 0 Å². The Kier molecular flexibility index (Phi) is 5.74. The van der Waals surface area contributed by atoms with Crippen LogP contribution in [0.3, 0.4) is 0 Å². The summed E-state index contributed by atoms with van der Waals surface area (Å²) in [4.78, 5) is 27.0. The number of nitrogens with zero attached hydrogens (tertiary/aromatic N) is 1. The molecule has 1 heterocycles. The van der Waals surface area contributed by atoms with E-state index in [9.17, 15) is 14.0 Å². The van der Waals surface area contributed by atoms with Crippen LogP contribution in [0.4, 0.5) is 10.1 Å². The molecule has 0 bridgehead atoms. The van der Waals surface area contributed by atoms with Crippen molar-refractivity contribution in [2.45, 2.75) is 32.8 Å². The lowest BCUT2D eigenvalue weighted by molar-refractivity contribution is -0.122. The number of nitrogens with one attached hydrogen (secondary N) is 1. The van der Waals surface area contributed by atoms with Crippen molar-refractivity contribution in [2.75, 3.05) is 18.4 Å². The summed E-state index contributed by atoms with van der Waals surface area (Å²) in [6.07, 6.45) is 1.28. The molecule has 5 nitrogen and oxygen atoms in total. The number of halogens is 1. The van der Waals surface area contributed by atoms with E-state index in [2.05, 4.69) is 5.32 Å². The molecule has 0 radical (unpaired) electrons. The number of rotatable bonds is 5. The van der Waals surface area contributed by atoms with Gasteiger partial charge in [-0.05, 0) is 68.7 Å². The van der Waals surface area contributed by atoms with Gasteiger partial charge in [0, 0.05) is 24.3 Å². The number of hydrogen-bond acceptors (Lipinski definition) is 3. The summed E-state index contributed by atoms with van der Waals surface area (Å²) in [6.45, 7) is 4.99. The van der Waals surface area contributed by atoms with Crippen molar-refractivity contribution in [3.05, 3.63) is 59.4 Å². The summed E-state index contributed by atoms with van der Waals surface area (Å²) in [5.41, 5.74) is 1.91. The molecule has 1 atom stereocenters. The Labute approximate surface area is 158 Å². The van der Waals surface area contributed by atoms with E-state index in [-0.39, 0.29) is 17.6 Å². The minimum atomic E-state index is -0.771. The normalized spacial score (nSPS) is 14.7. The molecule has 1 saturated heterocycles. The number of carbonyl (C=O) groups is 2. The van der Waals surface area contributed by atoms with Crippen LogP contribution in [0.2, 0.25) is 0 Å². The maximum atomic E-state index is 13.0. The predicted molar refractivity (Wildman–Crippen MR) is 101 cm³/mol. The highest BCUT2D eigenvalue weighted by Crippen LogP contribution is 2.23. The fourth-order valence-electron chi connectivity index (χ4n) is 3.10. The molecule has 2 aromatic rings. The van der Waals surface area contributed by atoms with Crippen LogP contribution in [-0.4, -0.2) is 35.9 Å². The van der Waals surface area contributed by atoms with E-state index in [0.717, 1.165) is 31.5 Å². The Balaban J connectivity index is 1.69. The first-order valence-electron chi connectivity index (χ1n) is 9.07. The van der Waals surface area contributed by atoms with Crippen LogP contribution in [0.15, 0.2) is 42.5 Å². The molecule has 2 amide bonds. The van der Waals surface area contributed by atoms with Gasteiger partial charge in [0.2, 0.25) is 0 Å². The summed E-state index contributed by atoms with van der Waals surface area (Å²) >= 11 is 0. The second kappa shape index (κ2) is 8.20. The lowest BCUT2D eigenvalue weighted by Gasteiger charge is -2.19. The van der Waals surface area contributed by atoms with Gasteiger partial charge in [-0.2, -0.15) is 0 Å². The number of carbonyl (C=O) groups excluding carboxylic acids is 2. The third kappa shape index (κ3) is 4.45. The fraction of sp³-hybridized carbons (Fsp3) is 0.333. The number of amides is 2. The molecule has 27 heavy (non-hydrogen) atoms. The molecular formula is C21H23FN2O3. The molecule has 6 heteroatoms. The molecule has 0 aliphatic carbocycles.